The molecule has 0 fully saturated rings. The number of nitrogens with one attached hydrogen (secondary N) is 1. The third-order valence-electron chi connectivity index (χ3n) is 4.52. The molecule has 2 aromatic carbocycles. The first-order chi connectivity index (χ1) is 16.6. The van der Waals surface area contributed by atoms with Gasteiger partial charge in [-0.1, -0.05) is 0 Å². The van der Waals surface area contributed by atoms with Gasteiger partial charge in [-0.15, -0.1) is 10.2 Å². The molecule has 0 unspecified atom stereocenters. The number of ether oxygens (including phenoxy) is 1. The SMILES string of the molecule is CCOC(=O)CN(CC)c1ccc(/N=N/c2c(C#N)cc([N+](=O)[O-])cc2[N+](=O)[O-])c(NC(C)=O)c1. The number of carbonyl (C=O) groups excluding carboxylic acids is 2. The van der Waals surface area contributed by atoms with Crippen molar-refractivity contribution in [3.05, 3.63) is 56.1 Å². The number of carbonyl (C=O) groups is 2. The fourth-order valence-corrected chi connectivity index (χ4v) is 2.99. The van der Waals surface area contributed by atoms with Crippen LogP contribution in [0.1, 0.15) is 26.3 Å². The number of nitrogens with zero attached hydrogens (tertiary/aromatic N) is 6. The van der Waals surface area contributed by atoms with Crippen LogP contribution in [0.25, 0.3) is 0 Å². The summed E-state index contributed by atoms with van der Waals surface area (Å²) in [5, 5.41) is 42.2. The number of esters is 1. The van der Waals surface area contributed by atoms with Crippen molar-refractivity contribution in [2.24, 2.45) is 10.2 Å². The number of nitriles is 1. The van der Waals surface area contributed by atoms with Crippen LogP contribution >= 0.6 is 0 Å². The van der Waals surface area contributed by atoms with E-state index in [1.807, 2.05) is 6.92 Å². The summed E-state index contributed by atoms with van der Waals surface area (Å²) in [6, 6.07) is 7.77. The Bertz CT molecular complexity index is 1240. The Kier molecular flexibility index (Phi) is 8.87. The maximum absolute atomic E-state index is 11.9. The lowest BCUT2D eigenvalue weighted by Gasteiger charge is -2.23. The first-order valence-corrected chi connectivity index (χ1v) is 10.2. The van der Waals surface area contributed by atoms with Gasteiger partial charge in [0, 0.05) is 25.2 Å². The highest BCUT2D eigenvalue weighted by atomic mass is 16.6. The topological polar surface area (TPSA) is 193 Å². The summed E-state index contributed by atoms with van der Waals surface area (Å²) in [6.07, 6.45) is 0. The standard InChI is InChI=1S/C21H21N7O7/c1-4-26(12-20(30)35-5-2)15-6-7-17(18(9-15)23-13(3)29)24-25-21-14(11-22)8-16(27(31)32)10-19(21)28(33)34/h6-10H,4-5,12H2,1-3H3,(H,23,29)/b25-24+. The molecule has 182 valence electrons. The Hall–Kier alpha value is -4.93. The molecule has 1 N–H and O–H groups in total. The summed E-state index contributed by atoms with van der Waals surface area (Å²) in [7, 11) is 0. The molecule has 0 saturated heterocycles. The fourth-order valence-electron chi connectivity index (χ4n) is 2.99. The van der Waals surface area contributed by atoms with Crippen molar-refractivity contribution in [1.82, 2.24) is 0 Å². The number of azo groups is 1. The minimum atomic E-state index is -0.908. The van der Waals surface area contributed by atoms with Gasteiger partial charge < -0.3 is 15.0 Å². The monoisotopic (exact) mass is 483 g/mol. The van der Waals surface area contributed by atoms with Gasteiger partial charge in [0.1, 0.15) is 18.3 Å². The Balaban J connectivity index is 2.55. The van der Waals surface area contributed by atoms with Crippen molar-refractivity contribution >= 4 is 46.0 Å². The van der Waals surface area contributed by atoms with Crippen LogP contribution in [-0.4, -0.2) is 41.4 Å². The van der Waals surface area contributed by atoms with Crippen LogP contribution < -0.4 is 10.2 Å². The molecule has 0 heterocycles. The van der Waals surface area contributed by atoms with Crippen molar-refractivity contribution in [3.63, 3.8) is 0 Å². The van der Waals surface area contributed by atoms with E-state index in [9.17, 15) is 35.1 Å². The number of anilines is 2. The molecule has 0 spiro atoms. The van der Waals surface area contributed by atoms with E-state index in [0.717, 1.165) is 6.07 Å². The molecule has 0 atom stereocenters. The zero-order chi connectivity index (χ0) is 26.1. The highest BCUT2D eigenvalue weighted by molar-refractivity contribution is 5.93. The average molecular weight is 483 g/mol. The van der Waals surface area contributed by atoms with Gasteiger partial charge in [-0.2, -0.15) is 5.26 Å². The Labute approximate surface area is 199 Å². The van der Waals surface area contributed by atoms with Crippen molar-refractivity contribution in [2.45, 2.75) is 20.8 Å². The van der Waals surface area contributed by atoms with Crippen molar-refractivity contribution in [2.75, 3.05) is 29.9 Å². The number of likely N-dealkylation sites (N-methyl/N-ethyl adjacent to an activating group) is 1. The molecule has 14 nitrogen and oxygen atoms in total. The predicted molar refractivity (Wildman–Crippen MR) is 124 cm³/mol. The fraction of sp³-hybridized carbons (Fsp3) is 0.286. The highest BCUT2D eigenvalue weighted by Gasteiger charge is 2.24. The van der Waals surface area contributed by atoms with Crippen LogP contribution in [0, 0.1) is 31.6 Å². The molecule has 14 heteroatoms. The molecular weight excluding hydrogens is 462 g/mol. The molecule has 0 saturated carbocycles. The molecule has 1 amide bonds. The Morgan fingerprint density at radius 3 is 2.40 bits per heavy atom. The van der Waals surface area contributed by atoms with Crippen LogP contribution in [-0.2, 0) is 14.3 Å². The van der Waals surface area contributed by atoms with Gasteiger partial charge in [0.05, 0.1) is 33.8 Å². The van der Waals surface area contributed by atoms with Gasteiger partial charge in [-0.3, -0.25) is 29.8 Å². The van der Waals surface area contributed by atoms with Crippen molar-refractivity contribution in [1.29, 1.82) is 5.26 Å². The zero-order valence-electron chi connectivity index (χ0n) is 19.0. The van der Waals surface area contributed by atoms with E-state index in [2.05, 4.69) is 15.5 Å². The lowest BCUT2D eigenvalue weighted by molar-refractivity contribution is -0.393. The lowest BCUT2D eigenvalue weighted by Crippen LogP contribution is -2.30. The first-order valence-electron chi connectivity index (χ1n) is 10.2. The van der Waals surface area contributed by atoms with E-state index in [1.165, 1.54) is 19.1 Å². The molecule has 0 radical (unpaired) electrons. The summed E-state index contributed by atoms with van der Waals surface area (Å²) in [4.78, 5) is 46.0. The van der Waals surface area contributed by atoms with E-state index in [-0.39, 0.29) is 24.5 Å². The van der Waals surface area contributed by atoms with E-state index in [1.54, 1.807) is 24.0 Å². The number of hydrogen-bond donors (Lipinski definition) is 1. The summed E-state index contributed by atoms with van der Waals surface area (Å²) < 4.78 is 4.97. The van der Waals surface area contributed by atoms with Gasteiger partial charge in [0.25, 0.3) is 5.69 Å². The van der Waals surface area contributed by atoms with Crippen LogP contribution in [0.3, 0.4) is 0 Å². The van der Waals surface area contributed by atoms with E-state index >= 15 is 0 Å². The molecular formula is C21H21N7O7. The number of nitro benzene ring substituents is 2. The Morgan fingerprint density at radius 1 is 1.14 bits per heavy atom. The minimum absolute atomic E-state index is 0.0365. The lowest BCUT2D eigenvalue weighted by atomic mass is 10.1. The van der Waals surface area contributed by atoms with E-state index < -0.39 is 44.3 Å². The zero-order valence-corrected chi connectivity index (χ0v) is 19.0. The van der Waals surface area contributed by atoms with Crippen LogP contribution in [0.15, 0.2) is 40.6 Å². The predicted octanol–water partition coefficient (Wildman–Crippen LogP) is 4.14. The molecule has 0 bridgehead atoms. The second-order valence-corrected chi connectivity index (χ2v) is 6.89. The number of rotatable bonds is 10. The van der Waals surface area contributed by atoms with Crippen molar-refractivity contribution < 1.29 is 24.2 Å². The Morgan fingerprint density at radius 2 is 1.86 bits per heavy atom. The third-order valence-corrected chi connectivity index (χ3v) is 4.52. The molecule has 2 aromatic rings. The second-order valence-electron chi connectivity index (χ2n) is 6.89. The van der Waals surface area contributed by atoms with Crippen molar-refractivity contribution in [3.8, 4) is 6.07 Å². The number of hydrogen-bond acceptors (Lipinski definition) is 11. The van der Waals surface area contributed by atoms with Gasteiger partial charge in [-0.25, -0.2) is 0 Å². The van der Waals surface area contributed by atoms with E-state index in [0.29, 0.717) is 18.3 Å². The number of benzene rings is 2. The number of nitro groups is 2. The van der Waals surface area contributed by atoms with Crippen LogP contribution in [0.4, 0.5) is 34.1 Å². The maximum Gasteiger partial charge on any atom is 0.325 e. The quantitative estimate of drug-likeness (QED) is 0.224. The van der Waals surface area contributed by atoms with Gasteiger partial charge >= 0.3 is 11.7 Å². The summed E-state index contributed by atoms with van der Waals surface area (Å²) in [6.45, 7) is 5.41. The minimum Gasteiger partial charge on any atom is -0.465 e. The second kappa shape index (κ2) is 11.8. The van der Waals surface area contributed by atoms with Crippen LogP contribution in [0.2, 0.25) is 0 Å². The summed E-state index contributed by atoms with van der Waals surface area (Å²) in [5.74, 6) is -0.875. The normalized spacial score (nSPS) is 10.5. The summed E-state index contributed by atoms with van der Waals surface area (Å²) in [5.41, 5.74) is -1.47. The highest BCUT2D eigenvalue weighted by Crippen LogP contribution is 2.38. The van der Waals surface area contributed by atoms with E-state index in [4.69, 9.17) is 4.74 Å². The molecule has 0 aromatic heterocycles. The summed E-state index contributed by atoms with van der Waals surface area (Å²) >= 11 is 0. The van der Waals surface area contributed by atoms with Gasteiger partial charge in [-0.05, 0) is 32.0 Å². The molecule has 2 rings (SSSR count). The van der Waals surface area contributed by atoms with Crippen LogP contribution in [0.5, 0.6) is 0 Å². The average Bonchev–Trinajstić information content (AvgIpc) is 2.80. The van der Waals surface area contributed by atoms with Gasteiger partial charge in [0.15, 0.2) is 5.69 Å². The molecule has 35 heavy (non-hydrogen) atoms. The van der Waals surface area contributed by atoms with Gasteiger partial charge in [0.2, 0.25) is 5.91 Å². The molecule has 0 aliphatic rings. The third kappa shape index (κ3) is 6.78. The molecule has 0 aliphatic heterocycles. The molecule has 0 aliphatic carbocycles. The smallest absolute Gasteiger partial charge is 0.325 e. The number of non-ortho nitro benzene ring substituents is 1. The largest absolute Gasteiger partial charge is 0.465 e. The maximum atomic E-state index is 11.9. The number of amides is 1. The first kappa shape index (κ1) is 26.3.